The third kappa shape index (κ3) is 3.49. The van der Waals surface area contributed by atoms with Crippen molar-refractivity contribution in [2.75, 3.05) is 32.7 Å². The number of rotatable bonds is 5. The number of hydrogen-bond acceptors (Lipinski definition) is 2. The topological polar surface area (TPSA) is 39.3 Å². The van der Waals surface area contributed by atoms with Crippen molar-refractivity contribution in [3.05, 3.63) is 78.0 Å². The molecule has 2 aromatic carbocycles. The highest BCUT2D eigenvalue weighted by Crippen LogP contribution is 2.51. The van der Waals surface area contributed by atoms with Gasteiger partial charge >= 0.3 is 0 Å². The molecule has 148 valence electrons. The predicted molar refractivity (Wildman–Crippen MR) is 118 cm³/mol. The summed E-state index contributed by atoms with van der Waals surface area (Å²) in [4.78, 5) is 21.3. The second-order valence-corrected chi connectivity index (χ2v) is 8.24. The molecular formula is C25H27N3O. The van der Waals surface area contributed by atoms with Crippen LogP contribution in [0.1, 0.15) is 24.0 Å². The second kappa shape index (κ2) is 7.53. The third-order valence-corrected chi connectivity index (χ3v) is 6.40. The highest BCUT2D eigenvalue weighted by molar-refractivity contribution is 5.97. The molecule has 29 heavy (non-hydrogen) atoms. The maximum absolute atomic E-state index is 13.4. The Kier molecular flexibility index (Phi) is 4.72. The molecule has 4 heteroatoms. The molecule has 2 heterocycles. The minimum Gasteiger partial charge on any atom is -0.361 e. The molecule has 0 radical (unpaired) electrons. The molecule has 1 saturated carbocycles. The van der Waals surface area contributed by atoms with E-state index in [4.69, 9.17) is 0 Å². The number of aromatic nitrogens is 1. The fourth-order valence-electron chi connectivity index (χ4n) is 4.53. The quantitative estimate of drug-likeness (QED) is 0.719. The van der Waals surface area contributed by atoms with Crippen LogP contribution in [0.4, 0.5) is 0 Å². The molecular weight excluding hydrogens is 358 g/mol. The van der Waals surface area contributed by atoms with Crippen molar-refractivity contribution >= 4 is 22.9 Å². The third-order valence-electron chi connectivity index (χ3n) is 6.40. The van der Waals surface area contributed by atoms with Crippen LogP contribution in [-0.2, 0) is 10.2 Å². The smallest absolute Gasteiger partial charge is 0.233 e. The van der Waals surface area contributed by atoms with Crippen LogP contribution in [0.2, 0.25) is 0 Å². The maximum atomic E-state index is 13.4. The molecule has 1 aromatic heterocycles. The van der Waals surface area contributed by atoms with Crippen molar-refractivity contribution in [3.8, 4) is 0 Å². The molecule has 1 aliphatic carbocycles. The van der Waals surface area contributed by atoms with Crippen LogP contribution in [0, 0.1) is 0 Å². The van der Waals surface area contributed by atoms with Crippen molar-refractivity contribution in [1.29, 1.82) is 0 Å². The van der Waals surface area contributed by atoms with E-state index in [1.807, 2.05) is 12.1 Å². The molecule has 0 spiro atoms. The number of para-hydroxylation sites is 1. The van der Waals surface area contributed by atoms with Gasteiger partial charge in [-0.15, -0.1) is 0 Å². The van der Waals surface area contributed by atoms with E-state index in [1.54, 1.807) is 0 Å². The summed E-state index contributed by atoms with van der Waals surface area (Å²) in [6.07, 6.45) is 8.39. The first kappa shape index (κ1) is 18.2. The SMILES string of the molecule is O=C(N1CCN(C/C=C/c2ccccc2)CC1)C1(c2c[nH]c3ccccc23)CC1. The van der Waals surface area contributed by atoms with Crippen molar-refractivity contribution in [3.63, 3.8) is 0 Å². The van der Waals surface area contributed by atoms with E-state index >= 15 is 0 Å². The van der Waals surface area contributed by atoms with Gasteiger partial charge in [0.2, 0.25) is 5.91 Å². The number of aromatic amines is 1. The van der Waals surface area contributed by atoms with E-state index in [-0.39, 0.29) is 5.41 Å². The van der Waals surface area contributed by atoms with E-state index in [0.29, 0.717) is 5.91 Å². The van der Waals surface area contributed by atoms with Gasteiger partial charge in [0.05, 0.1) is 5.41 Å². The average Bonchev–Trinajstić information content (AvgIpc) is 3.46. The summed E-state index contributed by atoms with van der Waals surface area (Å²) in [6.45, 7) is 4.46. The highest BCUT2D eigenvalue weighted by Gasteiger charge is 2.54. The maximum Gasteiger partial charge on any atom is 0.233 e. The largest absolute Gasteiger partial charge is 0.361 e. The van der Waals surface area contributed by atoms with E-state index in [9.17, 15) is 4.79 Å². The average molecular weight is 386 g/mol. The Morgan fingerprint density at radius 3 is 2.45 bits per heavy atom. The van der Waals surface area contributed by atoms with Gasteiger partial charge < -0.3 is 9.88 Å². The molecule has 1 amide bonds. The van der Waals surface area contributed by atoms with Gasteiger partial charge in [-0.25, -0.2) is 0 Å². The summed E-state index contributed by atoms with van der Waals surface area (Å²) in [7, 11) is 0. The number of carbonyl (C=O) groups excluding carboxylic acids is 1. The Morgan fingerprint density at radius 2 is 1.69 bits per heavy atom. The van der Waals surface area contributed by atoms with E-state index < -0.39 is 0 Å². The summed E-state index contributed by atoms with van der Waals surface area (Å²) in [5, 5.41) is 1.20. The number of amides is 1. The van der Waals surface area contributed by atoms with E-state index in [2.05, 4.69) is 75.6 Å². The summed E-state index contributed by atoms with van der Waals surface area (Å²) < 4.78 is 0. The van der Waals surface area contributed by atoms with Crippen LogP contribution in [0.25, 0.3) is 17.0 Å². The van der Waals surface area contributed by atoms with Gasteiger partial charge in [-0.05, 0) is 30.0 Å². The Bertz CT molecular complexity index is 1020. The lowest BCUT2D eigenvalue weighted by molar-refractivity contribution is -0.135. The number of nitrogens with zero attached hydrogens (tertiary/aromatic N) is 2. The van der Waals surface area contributed by atoms with Gasteiger partial charge in [0.25, 0.3) is 0 Å². The van der Waals surface area contributed by atoms with Gasteiger partial charge in [0.15, 0.2) is 0 Å². The van der Waals surface area contributed by atoms with Gasteiger partial charge in [0.1, 0.15) is 0 Å². The van der Waals surface area contributed by atoms with Crippen LogP contribution in [0.5, 0.6) is 0 Å². The molecule has 5 rings (SSSR count). The number of H-pyrrole nitrogens is 1. The molecule has 1 saturated heterocycles. The molecule has 3 aromatic rings. The van der Waals surface area contributed by atoms with Crippen LogP contribution in [0.3, 0.4) is 0 Å². The Labute approximate surface area is 171 Å². The van der Waals surface area contributed by atoms with E-state index in [1.165, 1.54) is 16.5 Å². The molecule has 0 bridgehead atoms. The number of hydrogen-bond donors (Lipinski definition) is 1. The van der Waals surface area contributed by atoms with Crippen LogP contribution >= 0.6 is 0 Å². The first-order chi connectivity index (χ1) is 14.3. The molecule has 0 unspecified atom stereocenters. The Balaban J connectivity index is 1.21. The van der Waals surface area contributed by atoms with Crippen LogP contribution in [0.15, 0.2) is 66.9 Å². The fourth-order valence-corrected chi connectivity index (χ4v) is 4.53. The van der Waals surface area contributed by atoms with Gasteiger partial charge in [0, 0.05) is 49.8 Å². The molecule has 2 aliphatic rings. The lowest BCUT2D eigenvalue weighted by atomic mass is 9.93. The van der Waals surface area contributed by atoms with Gasteiger partial charge in [-0.1, -0.05) is 60.7 Å². The normalized spacial score (nSPS) is 19.1. The number of benzene rings is 2. The Morgan fingerprint density at radius 1 is 0.966 bits per heavy atom. The van der Waals surface area contributed by atoms with Crippen LogP contribution in [-0.4, -0.2) is 53.4 Å². The van der Waals surface area contributed by atoms with Gasteiger partial charge in [-0.3, -0.25) is 9.69 Å². The number of nitrogens with one attached hydrogen (secondary N) is 1. The zero-order valence-corrected chi connectivity index (χ0v) is 16.7. The first-order valence-electron chi connectivity index (χ1n) is 10.6. The number of piperazine rings is 1. The van der Waals surface area contributed by atoms with Crippen molar-refractivity contribution in [2.45, 2.75) is 18.3 Å². The fraction of sp³-hybridized carbons (Fsp3) is 0.320. The van der Waals surface area contributed by atoms with E-state index in [0.717, 1.165) is 51.1 Å². The van der Waals surface area contributed by atoms with Gasteiger partial charge in [-0.2, -0.15) is 0 Å². The highest BCUT2D eigenvalue weighted by atomic mass is 16.2. The van der Waals surface area contributed by atoms with Crippen molar-refractivity contribution < 1.29 is 4.79 Å². The molecule has 1 N–H and O–H groups in total. The monoisotopic (exact) mass is 385 g/mol. The first-order valence-corrected chi connectivity index (χ1v) is 10.6. The summed E-state index contributed by atoms with van der Waals surface area (Å²) in [5.74, 6) is 0.321. The lowest BCUT2D eigenvalue weighted by Crippen LogP contribution is -2.51. The minimum absolute atomic E-state index is 0.297. The molecule has 0 atom stereocenters. The molecule has 1 aliphatic heterocycles. The Hall–Kier alpha value is -2.85. The summed E-state index contributed by atoms with van der Waals surface area (Å²) in [5.41, 5.74) is 3.24. The predicted octanol–water partition coefficient (Wildman–Crippen LogP) is 4.06. The molecule has 2 fully saturated rings. The lowest BCUT2D eigenvalue weighted by Gasteiger charge is -2.36. The zero-order chi connectivity index (χ0) is 19.7. The molecule has 4 nitrogen and oxygen atoms in total. The van der Waals surface area contributed by atoms with Crippen LogP contribution < -0.4 is 0 Å². The summed E-state index contributed by atoms with van der Waals surface area (Å²) >= 11 is 0. The number of fused-ring (bicyclic) bond motifs is 1. The zero-order valence-electron chi connectivity index (χ0n) is 16.7. The van der Waals surface area contributed by atoms with Crippen molar-refractivity contribution in [1.82, 2.24) is 14.8 Å². The number of carbonyl (C=O) groups is 1. The standard InChI is InChI=1S/C25H27N3O/c29-24(25(12-13-25)22-19-26-23-11-5-4-10-21(22)23)28-17-15-27(16-18-28)14-6-9-20-7-2-1-3-8-20/h1-11,19,26H,12-18H2/b9-6+. The minimum atomic E-state index is -0.297. The second-order valence-electron chi connectivity index (χ2n) is 8.24. The summed E-state index contributed by atoms with van der Waals surface area (Å²) in [6, 6.07) is 18.7. The van der Waals surface area contributed by atoms with Crippen molar-refractivity contribution in [2.24, 2.45) is 0 Å².